The van der Waals surface area contributed by atoms with Crippen LogP contribution in [0.15, 0.2) is 48.5 Å². The molecular weight excluding hydrogens is 428 g/mol. The largest absolute Gasteiger partial charge is 0.497 e. The minimum Gasteiger partial charge on any atom is -0.497 e. The molecule has 0 aliphatic rings. The van der Waals surface area contributed by atoms with Gasteiger partial charge in [-0.1, -0.05) is 38.1 Å². The fourth-order valence-electron chi connectivity index (χ4n) is 2.47. The third-order valence-corrected chi connectivity index (χ3v) is 4.48. The average Bonchev–Trinajstić information content (AvgIpc) is 2.86. The van der Waals surface area contributed by atoms with E-state index in [2.05, 4.69) is 4.74 Å². The van der Waals surface area contributed by atoms with Gasteiger partial charge in [-0.2, -0.15) is 0 Å². The van der Waals surface area contributed by atoms with Gasteiger partial charge in [0.05, 0.1) is 33.7 Å². The van der Waals surface area contributed by atoms with Gasteiger partial charge in [0.25, 0.3) is 0 Å². The van der Waals surface area contributed by atoms with Gasteiger partial charge in [-0.15, -0.1) is 0 Å². The molecule has 0 spiro atoms. The zero-order chi connectivity index (χ0) is 24.6. The molecule has 8 nitrogen and oxygen atoms in total. The van der Waals surface area contributed by atoms with Crippen LogP contribution in [0.1, 0.15) is 37.8 Å². The maximum atomic E-state index is 11.5. The zero-order valence-electron chi connectivity index (χ0n) is 19.8. The minimum absolute atomic E-state index is 0.0167. The van der Waals surface area contributed by atoms with Crippen LogP contribution in [0.4, 0.5) is 0 Å². The summed E-state index contributed by atoms with van der Waals surface area (Å²) in [7, 11) is 4.50. The molecule has 0 aromatic heterocycles. The topological polar surface area (TPSA) is 97.4 Å². The normalized spacial score (nSPS) is 10.7. The quantitative estimate of drug-likeness (QED) is 0.386. The lowest BCUT2D eigenvalue weighted by atomic mass is 10.1. The summed E-state index contributed by atoms with van der Waals surface area (Å²) in [6, 6.07) is 14.7. The summed E-state index contributed by atoms with van der Waals surface area (Å²) in [5.41, 5.74) is 1.83. The summed E-state index contributed by atoms with van der Waals surface area (Å²) in [5, 5.41) is 0. The van der Waals surface area contributed by atoms with Gasteiger partial charge in [-0.05, 0) is 35.4 Å². The van der Waals surface area contributed by atoms with Gasteiger partial charge in [0.2, 0.25) is 0 Å². The first-order valence-electron chi connectivity index (χ1n) is 10.5. The van der Waals surface area contributed by atoms with Crippen LogP contribution in [0.3, 0.4) is 0 Å². The number of hydrogen-bond donors (Lipinski definition) is 0. The van der Waals surface area contributed by atoms with E-state index in [-0.39, 0.29) is 19.0 Å². The predicted molar refractivity (Wildman–Crippen MR) is 122 cm³/mol. The van der Waals surface area contributed by atoms with Gasteiger partial charge in [0, 0.05) is 6.42 Å². The van der Waals surface area contributed by atoms with Gasteiger partial charge in [-0.25, -0.2) is 0 Å². The van der Waals surface area contributed by atoms with Crippen LogP contribution < -0.4 is 9.47 Å². The molecule has 0 N–H and O–H groups in total. The molecule has 2 rings (SSSR count). The van der Waals surface area contributed by atoms with Crippen molar-refractivity contribution in [1.82, 2.24) is 0 Å². The second-order valence-electron chi connectivity index (χ2n) is 7.00. The Morgan fingerprint density at radius 3 is 1.52 bits per heavy atom. The first-order chi connectivity index (χ1) is 15.8. The highest BCUT2D eigenvalue weighted by molar-refractivity contribution is 5.79. The first kappa shape index (κ1) is 27.5. The molecular formula is C25H32O8. The van der Waals surface area contributed by atoms with E-state index in [9.17, 15) is 14.4 Å². The Bertz CT molecular complexity index is 859. The number of ether oxygens (including phenoxy) is 5. The van der Waals surface area contributed by atoms with Crippen molar-refractivity contribution in [1.29, 1.82) is 0 Å². The average molecular weight is 461 g/mol. The summed E-state index contributed by atoms with van der Waals surface area (Å²) >= 11 is 0. The molecule has 0 saturated carbocycles. The highest BCUT2D eigenvalue weighted by Crippen LogP contribution is 2.13. The summed E-state index contributed by atoms with van der Waals surface area (Å²) in [4.78, 5) is 33.5. The van der Waals surface area contributed by atoms with Gasteiger partial charge in [0.1, 0.15) is 24.7 Å². The third kappa shape index (κ3) is 11.0. The maximum Gasteiger partial charge on any atom is 0.308 e. The van der Waals surface area contributed by atoms with Crippen molar-refractivity contribution in [2.24, 2.45) is 5.92 Å². The molecule has 8 heteroatoms. The van der Waals surface area contributed by atoms with Crippen molar-refractivity contribution in [3.05, 3.63) is 59.7 Å². The van der Waals surface area contributed by atoms with Gasteiger partial charge < -0.3 is 23.7 Å². The molecule has 0 aliphatic carbocycles. The van der Waals surface area contributed by atoms with E-state index < -0.39 is 17.9 Å². The first-order valence-corrected chi connectivity index (χ1v) is 10.5. The molecule has 0 amide bonds. The Kier molecular flexibility index (Phi) is 12.7. The second-order valence-corrected chi connectivity index (χ2v) is 7.00. The highest BCUT2D eigenvalue weighted by Gasteiger charge is 2.18. The van der Waals surface area contributed by atoms with E-state index in [4.69, 9.17) is 18.9 Å². The molecule has 33 heavy (non-hydrogen) atoms. The smallest absolute Gasteiger partial charge is 0.308 e. The maximum absolute atomic E-state index is 11.5. The Hall–Kier alpha value is -3.55. The van der Waals surface area contributed by atoms with Gasteiger partial charge >= 0.3 is 17.9 Å². The van der Waals surface area contributed by atoms with Crippen LogP contribution in [0.5, 0.6) is 11.5 Å². The van der Waals surface area contributed by atoms with E-state index in [0.29, 0.717) is 13.0 Å². The number of benzene rings is 2. The SMILES string of the molecule is CCC(=O)OCc1ccc(OC)cc1.COC(=O)[C@H](C)CC(=O)OCc1ccc(OC)cc1. The minimum atomic E-state index is -0.492. The Balaban J connectivity index is 0.000000346. The summed E-state index contributed by atoms with van der Waals surface area (Å²) in [5.74, 6) is 0.0364. The number of rotatable bonds is 10. The lowest BCUT2D eigenvalue weighted by Gasteiger charge is -2.09. The van der Waals surface area contributed by atoms with E-state index in [1.165, 1.54) is 7.11 Å². The number of methoxy groups -OCH3 is 3. The lowest BCUT2D eigenvalue weighted by molar-refractivity contribution is -0.153. The van der Waals surface area contributed by atoms with E-state index >= 15 is 0 Å². The molecule has 0 radical (unpaired) electrons. The predicted octanol–water partition coefficient (Wildman–Crippen LogP) is 4.09. The fourth-order valence-corrected chi connectivity index (χ4v) is 2.47. The third-order valence-electron chi connectivity index (χ3n) is 4.48. The summed E-state index contributed by atoms with van der Waals surface area (Å²) in [6.45, 7) is 3.91. The summed E-state index contributed by atoms with van der Waals surface area (Å²) in [6.07, 6.45) is 0.430. The van der Waals surface area contributed by atoms with Crippen LogP contribution in [-0.4, -0.2) is 39.2 Å². The number of carbonyl (C=O) groups excluding carboxylic acids is 3. The molecule has 180 valence electrons. The van der Waals surface area contributed by atoms with Crippen LogP contribution in [0, 0.1) is 5.92 Å². The number of hydrogen-bond acceptors (Lipinski definition) is 8. The molecule has 1 atom stereocenters. The molecule has 0 bridgehead atoms. The number of carbonyl (C=O) groups is 3. The van der Waals surface area contributed by atoms with Gasteiger partial charge in [0.15, 0.2) is 0 Å². The lowest BCUT2D eigenvalue weighted by Crippen LogP contribution is -2.18. The highest BCUT2D eigenvalue weighted by atomic mass is 16.5. The van der Waals surface area contributed by atoms with Crippen LogP contribution in [0.25, 0.3) is 0 Å². The molecule has 2 aromatic carbocycles. The number of esters is 3. The van der Waals surface area contributed by atoms with Crippen LogP contribution in [-0.2, 0) is 41.8 Å². The summed E-state index contributed by atoms with van der Waals surface area (Å²) < 4.78 is 24.6. The molecule has 0 heterocycles. The van der Waals surface area contributed by atoms with Crippen molar-refractivity contribution in [3.63, 3.8) is 0 Å². The fraction of sp³-hybridized carbons (Fsp3) is 0.400. The van der Waals surface area contributed by atoms with Crippen molar-refractivity contribution in [3.8, 4) is 11.5 Å². The molecule has 2 aromatic rings. The van der Waals surface area contributed by atoms with E-state index in [1.54, 1.807) is 40.2 Å². The Morgan fingerprint density at radius 1 is 0.727 bits per heavy atom. The zero-order valence-corrected chi connectivity index (χ0v) is 19.8. The standard InChI is InChI=1S/C14H18O5.C11H14O3/c1-10(14(16)18-3)8-13(15)19-9-11-4-6-12(17-2)7-5-11;1-3-11(12)14-8-9-4-6-10(13-2)7-5-9/h4-7,10H,8-9H2,1-3H3;4-7H,3,8H2,1-2H3/t10-;/m1./s1. The Labute approximate surface area is 194 Å². The van der Waals surface area contributed by atoms with Crippen LogP contribution >= 0.6 is 0 Å². The Morgan fingerprint density at radius 2 is 1.15 bits per heavy atom. The van der Waals surface area contributed by atoms with Crippen LogP contribution in [0.2, 0.25) is 0 Å². The molecule has 0 saturated heterocycles. The molecule has 0 aliphatic heterocycles. The van der Waals surface area contributed by atoms with Crippen molar-refractivity contribution < 1.29 is 38.1 Å². The van der Waals surface area contributed by atoms with Crippen molar-refractivity contribution in [2.75, 3.05) is 21.3 Å². The van der Waals surface area contributed by atoms with Crippen molar-refractivity contribution >= 4 is 17.9 Å². The van der Waals surface area contributed by atoms with Gasteiger partial charge in [-0.3, -0.25) is 14.4 Å². The monoisotopic (exact) mass is 460 g/mol. The van der Waals surface area contributed by atoms with Crippen molar-refractivity contribution in [2.45, 2.75) is 39.9 Å². The van der Waals surface area contributed by atoms with E-state index in [1.807, 2.05) is 36.4 Å². The molecule has 0 unspecified atom stereocenters. The second kappa shape index (κ2) is 15.3. The molecule has 0 fully saturated rings. The van der Waals surface area contributed by atoms with E-state index in [0.717, 1.165) is 22.6 Å².